The van der Waals surface area contributed by atoms with Crippen molar-refractivity contribution >= 4 is 58.2 Å². The lowest BCUT2D eigenvalue weighted by atomic mass is 9.93. The van der Waals surface area contributed by atoms with Crippen molar-refractivity contribution in [3.8, 4) is 11.1 Å². The fraction of sp³-hybridized carbons (Fsp3) is 0.429. The highest BCUT2D eigenvalue weighted by Gasteiger charge is 2.54. The molecule has 2 N–H and O–H groups in total. The third-order valence-electron chi connectivity index (χ3n) is 11.5. The second kappa shape index (κ2) is 18.2. The molecule has 1 fully saturated rings. The molecule has 1 unspecified atom stereocenters. The number of nitrogens with one attached hydrogen (secondary N) is 1. The van der Waals surface area contributed by atoms with Crippen LogP contribution in [0.3, 0.4) is 0 Å². The maximum Gasteiger partial charge on any atom is 0.435 e. The second-order valence-corrected chi connectivity index (χ2v) is 17.2. The summed E-state index contributed by atoms with van der Waals surface area (Å²) >= 11 is 7.54. The van der Waals surface area contributed by atoms with E-state index in [0.29, 0.717) is 16.4 Å². The van der Waals surface area contributed by atoms with Crippen LogP contribution in [0.25, 0.3) is 22.0 Å². The maximum absolute atomic E-state index is 15.4. The fourth-order valence-corrected chi connectivity index (χ4v) is 9.26. The number of amides is 3. The minimum Gasteiger partial charge on any atom is -0.481 e. The highest BCUT2D eigenvalue weighted by Crippen LogP contribution is 2.50. The van der Waals surface area contributed by atoms with Crippen molar-refractivity contribution in [2.45, 2.75) is 83.4 Å². The summed E-state index contributed by atoms with van der Waals surface area (Å²) in [5.41, 5.74) is -3.66. The number of alkyl halides is 8. The van der Waals surface area contributed by atoms with Crippen molar-refractivity contribution in [1.82, 2.24) is 34.8 Å². The van der Waals surface area contributed by atoms with Crippen LogP contribution in [0.4, 0.5) is 54.5 Å². The zero-order valence-electron chi connectivity index (χ0n) is 35.0. The smallest absolute Gasteiger partial charge is 0.435 e. The van der Waals surface area contributed by atoms with Gasteiger partial charge in [0.05, 0.1) is 33.6 Å². The number of aromatic nitrogens is 5. The molecule has 2 atom stereocenters. The van der Waals surface area contributed by atoms with E-state index in [9.17, 15) is 54.6 Å². The number of rotatable bonds is 12. The van der Waals surface area contributed by atoms with Gasteiger partial charge in [0.2, 0.25) is 5.91 Å². The molecule has 3 aromatic heterocycles. The molecule has 0 spiro atoms. The van der Waals surface area contributed by atoms with Gasteiger partial charge in [-0.05, 0) is 73.9 Å². The van der Waals surface area contributed by atoms with Gasteiger partial charge in [-0.15, -0.1) is 0 Å². The Hall–Kier alpha value is -5.58. The minimum absolute atomic E-state index is 0.00313. The van der Waals surface area contributed by atoms with Gasteiger partial charge in [-0.1, -0.05) is 37.6 Å². The summed E-state index contributed by atoms with van der Waals surface area (Å²) < 4.78 is 147. The Balaban J connectivity index is 1.38. The molecule has 2 aromatic carbocycles. The molecule has 7 rings (SSSR count). The van der Waals surface area contributed by atoms with Gasteiger partial charge in [-0.2, -0.15) is 45.3 Å². The molecule has 1 saturated heterocycles. The number of carboxylic acids is 1. The van der Waals surface area contributed by atoms with E-state index < -0.39 is 109 Å². The van der Waals surface area contributed by atoms with Gasteiger partial charge in [-0.25, -0.2) is 17.9 Å². The number of carboxylic acid groups (broad SMARTS) is 1. The van der Waals surface area contributed by atoms with E-state index in [1.54, 1.807) is 6.92 Å². The normalized spacial score (nSPS) is 17.0. The Bertz CT molecular complexity index is 2680. The maximum atomic E-state index is 15.4. The molecule has 2 aliphatic rings. The molecule has 66 heavy (non-hydrogen) atoms. The molecular weight excluding hydrogens is 938 g/mol. The lowest BCUT2D eigenvalue weighted by Crippen LogP contribution is -2.45. The summed E-state index contributed by atoms with van der Waals surface area (Å²) in [7, 11) is 0. The van der Waals surface area contributed by atoms with Gasteiger partial charge in [-0.3, -0.25) is 23.9 Å². The first-order valence-electron chi connectivity index (χ1n) is 20.3. The van der Waals surface area contributed by atoms with Crippen LogP contribution in [0.1, 0.15) is 66.6 Å². The van der Waals surface area contributed by atoms with Crippen LogP contribution in [-0.4, -0.2) is 78.0 Å². The highest BCUT2D eigenvalue weighted by molar-refractivity contribution is 8.00. The Morgan fingerprint density at radius 3 is 2.23 bits per heavy atom. The highest BCUT2D eigenvalue weighted by atomic mass is 35.5. The van der Waals surface area contributed by atoms with E-state index in [4.69, 9.17) is 16.6 Å². The van der Waals surface area contributed by atoms with Crippen molar-refractivity contribution in [2.75, 3.05) is 23.7 Å². The van der Waals surface area contributed by atoms with Gasteiger partial charge < -0.3 is 15.3 Å². The van der Waals surface area contributed by atoms with Crippen molar-refractivity contribution in [3.05, 3.63) is 93.0 Å². The lowest BCUT2D eigenvalue weighted by molar-refractivity contribution is -0.143. The van der Waals surface area contributed by atoms with Crippen LogP contribution in [-0.2, 0) is 54.0 Å². The number of piperidine rings is 1. The van der Waals surface area contributed by atoms with E-state index in [2.05, 4.69) is 15.5 Å². The lowest BCUT2D eigenvalue weighted by Gasteiger charge is -2.33. The number of urea groups is 1. The number of benzene rings is 2. The Morgan fingerprint density at radius 1 is 0.985 bits per heavy atom. The zero-order valence-corrected chi connectivity index (χ0v) is 36.6. The van der Waals surface area contributed by atoms with Gasteiger partial charge in [0.1, 0.15) is 30.4 Å². The van der Waals surface area contributed by atoms with Crippen molar-refractivity contribution in [2.24, 2.45) is 11.8 Å². The van der Waals surface area contributed by atoms with Crippen LogP contribution in [0.2, 0.25) is 5.02 Å². The number of halogens is 11. The van der Waals surface area contributed by atoms with Gasteiger partial charge in [0, 0.05) is 53.7 Å². The van der Waals surface area contributed by atoms with Gasteiger partial charge in [0.15, 0.2) is 11.5 Å². The third kappa shape index (κ3) is 9.63. The summed E-state index contributed by atoms with van der Waals surface area (Å²) in [6.45, 7) is -0.121. The molecule has 354 valence electrons. The number of aliphatic carboxylic acids is 1. The zero-order chi connectivity index (χ0) is 48.2. The summed E-state index contributed by atoms with van der Waals surface area (Å²) in [5, 5.41) is 19.4. The minimum atomic E-state index is -5.16. The number of hydrogen-bond donors (Lipinski definition) is 2. The van der Waals surface area contributed by atoms with E-state index in [1.165, 1.54) is 35.4 Å². The first-order valence-corrected chi connectivity index (χ1v) is 21.9. The Kier molecular flexibility index (Phi) is 13.4. The van der Waals surface area contributed by atoms with E-state index in [1.807, 2.05) is 0 Å². The molecule has 4 heterocycles. The number of anilines is 1. The average molecular weight is 977 g/mol. The third-order valence-corrected chi connectivity index (χ3v) is 12.5. The van der Waals surface area contributed by atoms with Crippen molar-refractivity contribution in [1.29, 1.82) is 0 Å². The number of aryl methyl sites for hydroxylation is 1. The van der Waals surface area contributed by atoms with Crippen molar-refractivity contribution < 1.29 is 63.4 Å². The average Bonchev–Trinajstić information content (AvgIpc) is 3.86. The molecule has 0 bridgehead atoms. The standard InChI is InChI=1S/C42H39ClF10N8O4S/c1-4-25-5-6-26(27-7-8-29(43)32-34(27)60(19-40(46,47)48)57-37(32)61(66-3)39(65)58-11-9-22(10-12-58)38(63)64)33(54-25)30(16-21-14-23(44)17-24(45)15-21)55-31(62)18-59-36-28(13-20(2)41(36,49)50)35(56-59)42(51,52)53/h5-8,14-15,17,20,22,30H,4,9-13,16,18-19H2,1-3H3,(H,55,62)(H,63,64)/t20-,30?/m1/s1. The molecule has 1 aliphatic heterocycles. The molecule has 0 radical (unpaired) electrons. The SMILES string of the molecule is CCc1ccc(-c2ccc(Cl)c3c(N(SC)C(=O)N4CCC(C(=O)O)CC4)nn(CC(F)(F)F)c23)c(C(Cc2cc(F)cc(F)c2)NC(=O)Cn2nc(C(F)(F)F)c3c2C(F)(F)[C@H](C)C3)n1. The number of pyridine rings is 1. The molecular formula is C42H39ClF10N8O4S. The summed E-state index contributed by atoms with van der Waals surface area (Å²) in [5.74, 6) is -10.7. The predicted octanol–water partition coefficient (Wildman–Crippen LogP) is 9.76. The topological polar surface area (TPSA) is 138 Å². The van der Waals surface area contributed by atoms with E-state index in [0.717, 1.165) is 35.3 Å². The van der Waals surface area contributed by atoms with Crippen molar-refractivity contribution in [3.63, 3.8) is 0 Å². The predicted molar refractivity (Wildman–Crippen MR) is 222 cm³/mol. The van der Waals surface area contributed by atoms with Crippen LogP contribution in [0, 0.1) is 23.5 Å². The Labute approximate surface area is 378 Å². The van der Waals surface area contributed by atoms with E-state index >= 15 is 8.78 Å². The van der Waals surface area contributed by atoms with E-state index in [-0.39, 0.29) is 81.2 Å². The summed E-state index contributed by atoms with van der Waals surface area (Å²) in [4.78, 5) is 45.6. The monoisotopic (exact) mass is 976 g/mol. The largest absolute Gasteiger partial charge is 0.481 e. The van der Waals surface area contributed by atoms with Crippen LogP contribution >= 0.6 is 23.5 Å². The molecule has 0 saturated carbocycles. The van der Waals surface area contributed by atoms with Crippen LogP contribution in [0.5, 0.6) is 0 Å². The molecule has 12 nitrogen and oxygen atoms in total. The quantitative estimate of drug-likeness (QED) is 0.0932. The number of carbonyl (C=O) groups excluding carboxylic acids is 2. The number of likely N-dealkylation sites (tertiary alicyclic amines) is 1. The van der Waals surface area contributed by atoms with Crippen LogP contribution in [0.15, 0.2) is 42.5 Å². The number of hydrogen-bond acceptors (Lipinski definition) is 7. The fourth-order valence-electron chi connectivity index (χ4n) is 8.45. The van der Waals surface area contributed by atoms with Crippen LogP contribution < -0.4 is 9.62 Å². The number of fused-ring (bicyclic) bond motifs is 2. The molecule has 5 aromatic rings. The molecule has 3 amide bonds. The first kappa shape index (κ1) is 48.4. The van der Waals surface area contributed by atoms with Gasteiger partial charge in [0.25, 0.3) is 5.92 Å². The Morgan fingerprint density at radius 2 is 1.64 bits per heavy atom. The molecule has 24 heteroatoms. The first-order chi connectivity index (χ1) is 30.9. The number of carbonyl (C=O) groups is 3. The summed E-state index contributed by atoms with van der Waals surface area (Å²) in [6, 6.07) is 5.79. The van der Waals surface area contributed by atoms with Gasteiger partial charge >= 0.3 is 24.4 Å². The second-order valence-electron chi connectivity index (χ2n) is 16.0. The number of nitrogens with zero attached hydrogens (tertiary/aromatic N) is 7. The molecule has 1 aliphatic carbocycles. The summed E-state index contributed by atoms with van der Waals surface area (Å²) in [6.07, 6.45) is -9.32.